The van der Waals surface area contributed by atoms with Gasteiger partial charge >= 0.3 is 12.0 Å². The molecule has 0 spiro atoms. The first-order valence-corrected chi connectivity index (χ1v) is 6.80. The number of aliphatic carboxylic acids is 1. The van der Waals surface area contributed by atoms with Crippen molar-refractivity contribution in [2.45, 2.75) is 51.6 Å². The molecule has 18 heavy (non-hydrogen) atoms. The molecule has 2 fully saturated rings. The number of nitrogens with one attached hydrogen (secondary N) is 1. The van der Waals surface area contributed by atoms with Crippen LogP contribution in [0.15, 0.2) is 0 Å². The summed E-state index contributed by atoms with van der Waals surface area (Å²) in [6.07, 6.45) is 3.93. The van der Waals surface area contributed by atoms with Crippen LogP contribution < -0.4 is 5.32 Å². The van der Waals surface area contributed by atoms with Gasteiger partial charge in [-0.25, -0.2) is 4.79 Å². The highest BCUT2D eigenvalue weighted by Gasteiger charge is 2.39. The molecule has 0 aromatic rings. The highest BCUT2D eigenvalue weighted by Crippen LogP contribution is 2.27. The van der Waals surface area contributed by atoms with Gasteiger partial charge in [0.1, 0.15) is 0 Å². The van der Waals surface area contributed by atoms with Crippen molar-refractivity contribution in [3.05, 3.63) is 0 Å². The van der Waals surface area contributed by atoms with E-state index in [4.69, 9.17) is 5.11 Å². The van der Waals surface area contributed by atoms with Crippen LogP contribution in [0.5, 0.6) is 0 Å². The fourth-order valence-electron chi connectivity index (χ4n) is 3.16. The van der Waals surface area contributed by atoms with Crippen LogP contribution in [0, 0.1) is 11.8 Å². The van der Waals surface area contributed by atoms with E-state index in [0.29, 0.717) is 18.9 Å². The minimum absolute atomic E-state index is 0.0926. The molecule has 5 nitrogen and oxygen atoms in total. The molecule has 102 valence electrons. The zero-order valence-electron chi connectivity index (χ0n) is 11.1. The summed E-state index contributed by atoms with van der Waals surface area (Å²) < 4.78 is 0. The van der Waals surface area contributed by atoms with Crippen molar-refractivity contribution in [3.63, 3.8) is 0 Å². The first kappa shape index (κ1) is 13.2. The number of amides is 2. The Morgan fingerprint density at radius 1 is 1.22 bits per heavy atom. The average Bonchev–Trinajstić information content (AvgIpc) is 2.86. The van der Waals surface area contributed by atoms with Gasteiger partial charge in [0.25, 0.3) is 0 Å². The molecular formula is C13H22N2O3. The van der Waals surface area contributed by atoms with Crippen molar-refractivity contribution in [1.82, 2.24) is 10.2 Å². The average molecular weight is 254 g/mol. The fourth-order valence-corrected chi connectivity index (χ4v) is 3.16. The van der Waals surface area contributed by atoms with E-state index in [0.717, 1.165) is 12.8 Å². The molecule has 0 bridgehead atoms. The minimum Gasteiger partial charge on any atom is -0.481 e. The molecule has 1 saturated carbocycles. The molecule has 0 aromatic heterocycles. The number of carbonyl (C=O) groups excluding carboxylic acids is 1. The van der Waals surface area contributed by atoms with Gasteiger partial charge in [-0.15, -0.1) is 0 Å². The highest BCUT2D eigenvalue weighted by molar-refractivity contribution is 5.78. The summed E-state index contributed by atoms with van der Waals surface area (Å²) >= 11 is 0. The number of nitrogens with zero attached hydrogens (tertiary/aromatic N) is 1. The Kier molecular flexibility index (Phi) is 3.78. The number of rotatable bonds is 2. The van der Waals surface area contributed by atoms with Crippen LogP contribution in [0.1, 0.15) is 39.5 Å². The van der Waals surface area contributed by atoms with E-state index in [-0.39, 0.29) is 18.1 Å². The molecule has 2 N–H and O–H groups in total. The van der Waals surface area contributed by atoms with Gasteiger partial charge in [0.15, 0.2) is 0 Å². The van der Waals surface area contributed by atoms with Gasteiger partial charge in [-0.2, -0.15) is 0 Å². The van der Waals surface area contributed by atoms with Crippen molar-refractivity contribution >= 4 is 12.0 Å². The Labute approximate surface area is 108 Å². The topological polar surface area (TPSA) is 69.6 Å². The van der Waals surface area contributed by atoms with Gasteiger partial charge in [0, 0.05) is 18.6 Å². The first-order chi connectivity index (χ1) is 8.50. The second kappa shape index (κ2) is 5.16. The summed E-state index contributed by atoms with van der Waals surface area (Å²) in [5.41, 5.74) is 0. The van der Waals surface area contributed by atoms with Gasteiger partial charge in [0.05, 0.1) is 5.92 Å². The summed E-state index contributed by atoms with van der Waals surface area (Å²) in [4.78, 5) is 24.8. The third-order valence-corrected chi connectivity index (χ3v) is 4.50. The summed E-state index contributed by atoms with van der Waals surface area (Å²) in [5.74, 6) is -0.689. The highest BCUT2D eigenvalue weighted by atomic mass is 16.4. The molecule has 1 aliphatic heterocycles. The molecule has 0 aromatic carbocycles. The maximum Gasteiger partial charge on any atom is 0.317 e. The normalized spacial score (nSPS) is 35.8. The molecule has 4 atom stereocenters. The fraction of sp³-hybridized carbons (Fsp3) is 0.846. The van der Waals surface area contributed by atoms with Crippen LogP contribution in [0.2, 0.25) is 0 Å². The van der Waals surface area contributed by atoms with Crippen molar-refractivity contribution in [2.24, 2.45) is 11.8 Å². The van der Waals surface area contributed by atoms with Crippen LogP contribution in [0.4, 0.5) is 4.79 Å². The van der Waals surface area contributed by atoms with Crippen LogP contribution in [-0.2, 0) is 4.79 Å². The van der Waals surface area contributed by atoms with E-state index in [9.17, 15) is 9.59 Å². The Balaban J connectivity index is 1.92. The molecule has 5 heteroatoms. The number of likely N-dealkylation sites (tertiary alicyclic amines) is 1. The lowest BCUT2D eigenvalue weighted by Gasteiger charge is -2.27. The zero-order chi connectivity index (χ0) is 13.3. The smallest absolute Gasteiger partial charge is 0.317 e. The molecule has 0 radical (unpaired) electrons. The summed E-state index contributed by atoms with van der Waals surface area (Å²) in [5, 5.41) is 12.1. The lowest BCUT2D eigenvalue weighted by molar-refractivity contribution is -0.142. The Morgan fingerprint density at radius 2 is 1.94 bits per heavy atom. The predicted molar refractivity (Wildman–Crippen MR) is 67.2 cm³/mol. The maximum atomic E-state index is 12.1. The van der Waals surface area contributed by atoms with Gasteiger partial charge in [0.2, 0.25) is 0 Å². The zero-order valence-corrected chi connectivity index (χ0v) is 11.1. The lowest BCUT2D eigenvalue weighted by atomic mass is 10.0. The molecule has 1 heterocycles. The molecule has 1 aliphatic carbocycles. The van der Waals surface area contributed by atoms with E-state index in [1.807, 2.05) is 6.92 Å². The van der Waals surface area contributed by atoms with E-state index in [2.05, 4.69) is 12.2 Å². The van der Waals surface area contributed by atoms with Crippen molar-refractivity contribution in [3.8, 4) is 0 Å². The number of carboxylic acid groups (broad SMARTS) is 1. The molecule has 1 saturated heterocycles. The largest absolute Gasteiger partial charge is 0.481 e. The monoisotopic (exact) mass is 254 g/mol. The lowest BCUT2D eigenvalue weighted by Crippen LogP contribution is -2.48. The van der Waals surface area contributed by atoms with E-state index >= 15 is 0 Å². The van der Waals surface area contributed by atoms with Crippen LogP contribution in [0.3, 0.4) is 0 Å². The standard InChI is InChI=1S/C13H22N2O3/c1-8-4-3-5-11(8)14-13(18)15-7-6-10(9(15)2)12(16)17/h8-11H,3-7H2,1-2H3,(H,14,18)(H,16,17). The van der Waals surface area contributed by atoms with Crippen LogP contribution in [-0.4, -0.2) is 40.6 Å². The van der Waals surface area contributed by atoms with Gasteiger partial charge in [-0.3, -0.25) is 4.79 Å². The number of carboxylic acids is 1. The first-order valence-electron chi connectivity index (χ1n) is 6.80. The summed E-state index contributed by atoms with van der Waals surface area (Å²) in [6, 6.07) is -0.0437. The number of hydrogen-bond acceptors (Lipinski definition) is 2. The van der Waals surface area contributed by atoms with Crippen LogP contribution in [0.25, 0.3) is 0 Å². The summed E-state index contributed by atoms with van der Waals surface area (Å²) in [7, 11) is 0. The van der Waals surface area contributed by atoms with E-state index in [1.54, 1.807) is 4.90 Å². The minimum atomic E-state index is -0.799. The quantitative estimate of drug-likeness (QED) is 0.787. The second-order valence-electron chi connectivity index (χ2n) is 5.63. The van der Waals surface area contributed by atoms with Crippen molar-refractivity contribution in [2.75, 3.05) is 6.54 Å². The molecule has 2 amide bonds. The Morgan fingerprint density at radius 3 is 2.44 bits per heavy atom. The molecule has 2 rings (SSSR count). The Hall–Kier alpha value is -1.26. The molecule has 4 unspecified atom stereocenters. The van der Waals surface area contributed by atoms with Gasteiger partial charge < -0.3 is 15.3 Å². The van der Waals surface area contributed by atoms with Gasteiger partial charge in [-0.1, -0.05) is 13.3 Å². The van der Waals surface area contributed by atoms with E-state index < -0.39 is 11.9 Å². The van der Waals surface area contributed by atoms with Crippen LogP contribution >= 0.6 is 0 Å². The van der Waals surface area contributed by atoms with E-state index in [1.165, 1.54) is 6.42 Å². The predicted octanol–water partition coefficient (Wildman–Crippen LogP) is 1.68. The third-order valence-electron chi connectivity index (χ3n) is 4.50. The number of urea groups is 1. The number of carbonyl (C=O) groups is 2. The van der Waals surface area contributed by atoms with Gasteiger partial charge in [-0.05, 0) is 32.1 Å². The third kappa shape index (κ3) is 2.44. The SMILES string of the molecule is CC1CCCC1NC(=O)N1CCC(C(=O)O)C1C. The Bertz CT molecular complexity index is 345. The molecular weight excluding hydrogens is 232 g/mol. The molecule has 2 aliphatic rings. The second-order valence-corrected chi connectivity index (χ2v) is 5.63. The number of hydrogen-bond donors (Lipinski definition) is 2. The van der Waals surface area contributed by atoms with Crippen molar-refractivity contribution in [1.29, 1.82) is 0 Å². The maximum absolute atomic E-state index is 12.1. The van der Waals surface area contributed by atoms with Crippen molar-refractivity contribution < 1.29 is 14.7 Å². The summed E-state index contributed by atoms with van der Waals surface area (Å²) in [6.45, 7) is 4.53.